The lowest BCUT2D eigenvalue weighted by Gasteiger charge is -2.18. The SMILES string of the molecule is Cc1nn(C)c2nc(C3CC3)cc(C(=O)N(C)Cc3ccc(C(=O)O)cc3)c12. The summed E-state index contributed by atoms with van der Waals surface area (Å²) in [5.74, 6) is -0.623. The van der Waals surface area contributed by atoms with Crippen LogP contribution in [0.25, 0.3) is 11.0 Å². The number of benzene rings is 1. The molecule has 2 aromatic heterocycles. The van der Waals surface area contributed by atoms with Crippen LogP contribution in [0.4, 0.5) is 0 Å². The Morgan fingerprint density at radius 3 is 2.54 bits per heavy atom. The zero-order valence-electron chi connectivity index (χ0n) is 16.1. The number of carbonyl (C=O) groups is 2. The van der Waals surface area contributed by atoms with Crippen molar-refractivity contribution < 1.29 is 14.7 Å². The summed E-state index contributed by atoms with van der Waals surface area (Å²) in [5, 5.41) is 14.3. The van der Waals surface area contributed by atoms with Gasteiger partial charge in [0, 0.05) is 32.3 Å². The number of carboxylic acid groups (broad SMARTS) is 1. The summed E-state index contributed by atoms with van der Waals surface area (Å²) in [7, 11) is 3.60. The van der Waals surface area contributed by atoms with Crippen molar-refractivity contribution in [2.24, 2.45) is 7.05 Å². The van der Waals surface area contributed by atoms with Gasteiger partial charge in [0.15, 0.2) is 5.65 Å². The number of pyridine rings is 1. The normalized spacial score (nSPS) is 13.7. The molecular formula is C21H22N4O3. The third-order valence-corrected chi connectivity index (χ3v) is 5.18. The molecule has 0 saturated heterocycles. The van der Waals surface area contributed by atoms with Crippen molar-refractivity contribution in [3.05, 3.63) is 58.4 Å². The average molecular weight is 378 g/mol. The molecule has 0 radical (unpaired) electrons. The van der Waals surface area contributed by atoms with Crippen LogP contribution in [0, 0.1) is 6.92 Å². The summed E-state index contributed by atoms with van der Waals surface area (Å²) in [4.78, 5) is 30.7. The van der Waals surface area contributed by atoms with E-state index in [-0.39, 0.29) is 11.5 Å². The Kier molecular flexibility index (Phi) is 4.37. The number of amides is 1. The fourth-order valence-electron chi connectivity index (χ4n) is 3.53. The molecule has 0 aliphatic heterocycles. The fraction of sp³-hybridized carbons (Fsp3) is 0.333. The molecule has 0 atom stereocenters. The second-order valence-corrected chi connectivity index (χ2v) is 7.44. The quantitative estimate of drug-likeness (QED) is 0.737. The molecule has 1 aliphatic carbocycles. The van der Waals surface area contributed by atoms with E-state index in [0.717, 1.165) is 40.8 Å². The topological polar surface area (TPSA) is 88.3 Å². The van der Waals surface area contributed by atoms with Crippen LogP contribution in [-0.4, -0.2) is 43.7 Å². The minimum absolute atomic E-state index is 0.0901. The second-order valence-electron chi connectivity index (χ2n) is 7.44. The molecular weight excluding hydrogens is 356 g/mol. The number of hydrogen-bond donors (Lipinski definition) is 1. The maximum Gasteiger partial charge on any atom is 0.335 e. The van der Waals surface area contributed by atoms with E-state index in [4.69, 9.17) is 10.1 Å². The van der Waals surface area contributed by atoms with Crippen molar-refractivity contribution in [2.75, 3.05) is 7.05 Å². The minimum Gasteiger partial charge on any atom is -0.478 e. The van der Waals surface area contributed by atoms with Gasteiger partial charge in [-0.3, -0.25) is 9.48 Å². The number of carbonyl (C=O) groups excluding carboxylic acids is 1. The van der Waals surface area contributed by atoms with E-state index in [1.165, 1.54) is 0 Å². The summed E-state index contributed by atoms with van der Waals surface area (Å²) in [6.07, 6.45) is 2.21. The highest BCUT2D eigenvalue weighted by atomic mass is 16.4. The van der Waals surface area contributed by atoms with Crippen LogP contribution in [-0.2, 0) is 13.6 Å². The van der Waals surface area contributed by atoms with Crippen LogP contribution in [0.2, 0.25) is 0 Å². The summed E-state index contributed by atoms with van der Waals surface area (Å²) < 4.78 is 1.73. The Balaban J connectivity index is 1.66. The number of aromatic carboxylic acids is 1. The third-order valence-electron chi connectivity index (χ3n) is 5.18. The lowest BCUT2D eigenvalue weighted by molar-refractivity contribution is 0.0695. The number of fused-ring (bicyclic) bond motifs is 1. The molecule has 1 saturated carbocycles. The van der Waals surface area contributed by atoms with Gasteiger partial charge >= 0.3 is 5.97 Å². The molecule has 1 aliphatic rings. The molecule has 4 rings (SSSR count). The maximum absolute atomic E-state index is 13.3. The summed E-state index contributed by atoms with van der Waals surface area (Å²) in [6, 6.07) is 8.50. The van der Waals surface area contributed by atoms with Crippen molar-refractivity contribution >= 4 is 22.9 Å². The molecule has 1 amide bonds. The predicted molar refractivity (Wildman–Crippen MR) is 104 cm³/mol. The summed E-state index contributed by atoms with van der Waals surface area (Å²) in [5.41, 5.74) is 4.21. The van der Waals surface area contributed by atoms with E-state index in [2.05, 4.69) is 5.10 Å². The van der Waals surface area contributed by atoms with Crippen molar-refractivity contribution in [3.63, 3.8) is 0 Å². The zero-order valence-corrected chi connectivity index (χ0v) is 16.1. The van der Waals surface area contributed by atoms with Crippen LogP contribution >= 0.6 is 0 Å². The maximum atomic E-state index is 13.3. The molecule has 144 valence electrons. The molecule has 7 nitrogen and oxygen atoms in total. The first-order chi connectivity index (χ1) is 13.3. The molecule has 1 aromatic carbocycles. The van der Waals surface area contributed by atoms with Gasteiger partial charge in [-0.05, 0) is 43.5 Å². The van der Waals surface area contributed by atoms with Gasteiger partial charge in [-0.2, -0.15) is 5.10 Å². The lowest BCUT2D eigenvalue weighted by Crippen LogP contribution is -2.26. The first-order valence-electron chi connectivity index (χ1n) is 9.27. The molecule has 0 spiro atoms. The Labute approximate surface area is 162 Å². The third kappa shape index (κ3) is 3.24. The van der Waals surface area contributed by atoms with Crippen LogP contribution in [0.15, 0.2) is 30.3 Å². The minimum atomic E-state index is -0.963. The largest absolute Gasteiger partial charge is 0.478 e. The molecule has 0 unspecified atom stereocenters. The van der Waals surface area contributed by atoms with E-state index in [1.54, 1.807) is 40.9 Å². The lowest BCUT2D eigenvalue weighted by atomic mass is 10.1. The van der Waals surface area contributed by atoms with Crippen molar-refractivity contribution in [1.29, 1.82) is 0 Å². The van der Waals surface area contributed by atoms with Crippen LogP contribution < -0.4 is 0 Å². The predicted octanol–water partition coefficient (Wildman–Crippen LogP) is 3.12. The number of aromatic nitrogens is 3. The average Bonchev–Trinajstić information content (AvgIpc) is 3.47. The van der Waals surface area contributed by atoms with Crippen molar-refractivity contribution in [2.45, 2.75) is 32.2 Å². The molecule has 2 heterocycles. The van der Waals surface area contributed by atoms with Crippen molar-refractivity contribution in [1.82, 2.24) is 19.7 Å². The standard InChI is InChI=1S/C21H22N4O3/c1-12-18-16(10-17(14-8-9-14)22-19(18)25(3)23-12)20(26)24(2)11-13-4-6-15(7-5-13)21(27)28/h4-7,10,14H,8-9,11H2,1-3H3,(H,27,28). The molecule has 0 bridgehead atoms. The van der Waals surface area contributed by atoms with Crippen LogP contribution in [0.5, 0.6) is 0 Å². The fourth-order valence-corrected chi connectivity index (χ4v) is 3.53. The number of hydrogen-bond acceptors (Lipinski definition) is 4. The number of carboxylic acids is 1. The molecule has 1 fully saturated rings. The van der Waals surface area contributed by atoms with Gasteiger partial charge in [-0.1, -0.05) is 12.1 Å². The summed E-state index contributed by atoms with van der Waals surface area (Å²) in [6.45, 7) is 2.28. The number of nitrogens with zero attached hydrogens (tertiary/aromatic N) is 4. The Bertz CT molecular complexity index is 1080. The highest BCUT2D eigenvalue weighted by molar-refractivity contribution is 6.06. The Morgan fingerprint density at radius 1 is 1.25 bits per heavy atom. The number of rotatable bonds is 5. The van der Waals surface area contributed by atoms with E-state index in [9.17, 15) is 9.59 Å². The van der Waals surface area contributed by atoms with Gasteiger partial charge in [-0.15, -0.1) is 0 Å². The Morgan fingerprint density at radius 2 is 1.93 bits per heavy atom. The first-order valence-corrected chi connectivity index (χ1v) is 9.27. The smallest absolute Gasteiger partial charge is 0.335 e. The van der Waals surface area contributed by atoms with E-state index in [1.807, 2.05) is 20.0 Å². The molecule has 3 aromatic rings. The van der Waals surface area contributed by atoms with Crippen LogP contribution in [0.1, 0.15) is 56.4 Å². The molecule has 28 heavy (non-hydrogen) atoms. The monoisotopic (exact) mass is 378 g/mol. The second kappa shape index (κ2) is 6.74. The van der Waals surface area contributed by atoms with E-state index < -0.39 is 5.97 Å². The molecule has 1 N–H and O–H groups in total. The van der Waals surface area contributed by atoms with Gasteiger partial charge < -0.3 is 10.0 Å². The van der Waals surface area contributed by atoms with Gasteiger partial charge in [0.2, 0.25) is 0 Å². The first kappa shape index (κ1) is 18.2. The van der Waals surface area contributed by atoms with Gasteiger partial charge in [-0.25, -0.2) is 9.78 Å². The number of aryl methyl sites for hydroxylation is 2. The van der Waals surface area contributed by atoms with E-state index in [0.29, 0.717) is 18.0 Å². The van der Waals surface area contributed by atoms with Crippen LogP contribution in [0.3, 0.4) is 0 Å². The highest BCUT2D eigenvalue weighted by Crippen LogP contribution is 2.40. The Hall–Kier alpha value is -3.22. The van der Waals surface area contributed by atoms with Gasteiger partial charge in [0.1, 0.15) is 0 Å². The van der Waals surface area contributed by atoms with Gasteiger partial charge in [0.25, 0.3) is 5.91 Å². The van der Waals surface area contributed by atoms with Gasteiger partial charge in [0.05, 0.1) is 22.2 Å². The highest BCUT2D eigenvalue weighted by Gasteiger charge is 2.29. The summed E-state index contributed by atoms with van der Waals surface area (Å²) >= 11 is 0. The van der Waals surface area contributed by atoms with Crippen molar-refractivity contribution in [3.8, 4) is 0 Å². The molecule has 7 heteroatoms. The zero-order chi connectivity index (χ0) is 20.0. The van der Waals surface area contributed by atoms with E-state index >= 15 is 0 Å².